The quantitative estimate of drug-likeness (QED) is 0.653. The molecule has 0 N–H and O–H groups in total. The zero-order valence-electron chi connectivity index (χ0n) is 5.20. The van der Waals surface area contributed by atoms with Crippen LogP contribution < -0.4 is 0 Å². The van der Waals surface area contributed by atoms with Crippen molar-refractivity contribution >= 4 is 15.9 Å². The minimum Gasteiger partial charge on any atom is -0.206 e. The Kier molecular flexibility index (Phi) is 2.22. The van der Waals surface area contributed by atoms with Gasteiger partial charge >= 0.3 is 0 Å². The number of benzene rings is 1. The van der Waals surface area contributed by atoms with Crippen molar-refractivity contribution in [1.82, 2.24) is 0 Å². The van der Waals surface area contributed by atoms with E-state index < -0.39 is 0 Å². The normalized spacial score (nSPS) is 9.40. The molecular formula is C8H5BrF. The Morgan fingerprint density at radius 3 is 2.70 bits per heavy atom. The van der Waals surface area contributed by atoms with Crippen molar-refractivity contribution in [2.45, 2.75) is 0 Å². The first kappa shape index (κ1) is 7.48. The standard InChI is InChI=1S/C8H5BrF/c1-2-6-5-7(9)3-4-8(6)10/h3-5H,1H2. The van der Waals surface area contributed by atoms with Crippen LogP contribution in [0.2, 0.25) is 0 Å². The average Bonchev–Trinajstić information content (AvgIpc) is 1.94. The van der Waals surface area contributed by atoms with E-state index in [1.165, 1.54) is 6.07 Å². The second kappa shape index (κ2) is 2.97. The van der Waals surface area contributed by atoms with Gasteiger partial charge in [-0.05, 0) is 24.3 Å². The molecule has 2 heteroatoms. The highest BCUT2D eigenvalue weighted by molar-refractivity contribution is 9.10. The fourth-order valence-electron chi connectivity index (χ4n) is 0.633. The van der Waals surface area contributed by atoms with Crippen LogP contribution in [-0.2, 0) is 0 Å². The molecule has 0 aliphatic carbocycles. The SMILES string of the molecule is C=[C]c1cc(Br)ccc1F. The molecule has 0 aromatic heterocycles. The third kappa shape index (κ3) is 1.45. The van der Waals surface area contributed by atoms with Crippen LogP contribution >= 0.6 is 15.9 Å². The Labute approximate surface area is 67.5 Å². The van der Waals surface area contributed by atoms with Gasteiger partial charge in [0.1, 0.15) is 5.82 Å². The number of halogens is 2. The van der Waals surface area contributed by atoms with Crippen LogP contribution in [0.1, 0.15) is 5.56 Å². The average molecular weight is 200 g/mol. The van der Waals surface area contributed by atoms with E-state index in [2.05, 4.69) is 28.6 Å². The monoisotopic (exact) mass is 199 g/mol. The topological polar surface area (TPSA) is 0 Å². The molecule has 1 aromatic carbocycles. The number of hydrogen-bond donors (Lipinski definition) is 0. The van der Waals surface area contributed by atoms with Gasteiger partial charge in [-0.1, -0.05) is 22.5 Å². The lowest BCUT2D eigenvalue weighted by Crippen LogP contribution is -1.80. The predicted molar refractivity (Wildman–Crippen MR) is 42.1 cm³/mol. The van der Waals surface area contributed by atoms with Crippen molar-refractivity contribution in [3.63, 3.8) is 0 Å². The van der Waals surface area contributed by atoms with Gasteiger partial charge in [-0.25, -0.2) is 4.39 Å². The molecule has 0 unspecified atom stereocenters. The van der Waals surface area contributed by atoms with Crippen molar-refractivity contribution < 1.29 is 4.39 Å². The summed E-state index contributed by atoms with van der Waals surface area (Å²) in [6.45, 7) is 3.35. The van der Waals surface area contributed by atoms with Crippen LogP contribution in [0.15, 0.2) is 29.3 Å². The molecule has 0 saturated heterocycles. The molecule has 0 heterocycles. The van der Waals surface area contributed by atoms with E-state index in [1.807, 2.05) is 0 Å². The number of hydrogen-bond acceptors (Lipinski definition) is 0. The Morgan fingerprint density at radius 1 is 1.50 bits per heavy atom. The van der Waals surface area contributed by atoms with Crippen LogP contribution in [0.5, 0.6) is 0 Å². The molecule has 0 fully saturated rings. The van der Waals surface area contributed by atoms with Gasteiger partial charge in [-0.2, -0.15) is 0 Å². The van der Waals surface area contributed by atoms with E-state index in [-0.39, 0.29) is 5.82 Å². The molecule has 0 nitrogen and oxygen atoms in total. The van der Waals surface area contributed by atoms with Crippen LogP contribution in [0.4, 0.5) is 4.39 Å². The smallest absolute Gasteiger partial charge is 0.131 e. The minimum absolute atomic E-state index is 0.293. The van der Waals surface area contributed by atoms with Crippen molar-refractivity contribution in [3.05, 3.63) is 46.7 Å². The first-order chi connectivity index (χ1) is 4.74. The maximum Gasteiger partial charge on any atom is 0.131 e. The van der Waals surface area contributed by atoms with E-state index in [1.54, 1.807) is 12.1 Å². The van der Waals surface area contributed by atoms with Crippen molar-refractivity contribution in [1.29, 1.82) is 0 Å². The summed E-state index contributed by atoms with van der Waals surface area (Å²) in [6, 6.07) is 4.64. The van der Waals surface area contributed by atoms with E-state index in [4.69, 9.17) is 0 Å². The van der Waals surface area contributed by atoms with Gasteiger partial charge in [0.25, 0.3) is 0 Å². The fraction of sp³-hybridized carbons (Fsp3) is 0. The first-order valence-electron chi connectivity index (χ1n) is 2.72. The van der Waals surface area contributed by atoms with Crippen molar-refractivity contribution in [2.24, 2.45) is 0 Å². The molecule has 1 rings (SSSR count). The van der Waals surface area contributed by atoms with Crippen LogP contribution in [0.3, 0.4) is 0 Å². The lowest BCUT2D eigenvalue weighted by molar-refractivity contribution is 0.622. The molecule has 0 spiro atoms. The summed E-state index contributed by atoms with van der Waals surface area (Å²) in [7, 11) is 0. The highest BCUT2D eigenvalue weighted by atomic mass is 79.9. The van der Waals surface area contributed by atoms with Crippen LogP contribution in [0.25, 0.3) is 0 Å². The van der Waals surface area contributed by atoms with Crippen molar-refractivity contribution in [2.75, 3.05) is 0 Å². The third-order valence-corrected chi connectivity index (χ3v) is 1.61. The molecule has 0 saturated carbocycles. The van der Waals surface area contributed by atoms with Gasteiger partial charge in [0.2, 0.25) is 0 Å². The molecular weight excluding hydrogens is 195 g/mol. The van der Waals surface area contributed by atoms with Gasteiger partial charge in [-0.15, -0.1) is 0 Å². The first-order valence-corrected chi connectivity index (χ1v) is 3.51. The molecule has 1 radical (unpaired) electrons. The summed E-state index contributed by atoms with van der Waals surface area (Å²) in [6.07, 6.45) is 2.48. The Hall–Kier alpha value is -0.630. The third-order valence-electron chi connectivity index (χ3n) is 1.12. The molecule has 0 aliphatic rings. The maximum atomic E-state index is 12.6. The van der Waals surface area contributed by atoms with Gasteiger partial charge in [0, 0.05) is 10.0 Å². The highest BCUT2D eigenvalue weighted by Gasteiger charge is 1.96. The lowest BCUT2D eigenvalue weighted by Gasteiger charge is -1.94. The largest absolute Gasteiger partial charge is 0.206 e. The Bertz CT molecular complexity index is 255. The summed E-state index contributed by atoms with van der Waals surface area (Å²) >= 11 is 3.20. The summed E-state index contributed by atoms with van der Waals surface area (Å²) in [5.41, 5.74) is 0.398. The second-order valence-corrected chi connectivity index (χ2v) is 2.72. The lowest BCUT2D eigenvalue weighted by atomic mass is 10.2. The summed E-state index contributed by atoms with van der Waals surface area (Å²) in [5, 5.41) is 0. The molecule has 0 aliphatic heterocycles. The zero-order valence-corrected chi connectivity index (χ0v) is 6.78. The summed E-state index contributed by atoms with van der Waals surface area (Å²) in [4.78, 5) is 0. The molecule has 51 valence electrons. The van der Waals surface area contributed by atoms with E-state index in [0.717, 1.165) is 4.47 Å². The van der Waals surface area contributed by atoms with Crippen molar-refractivity contribution in [3.8, 4) is 0 Å². The number of rotatable bonds is 1. The maximum absolute atomic E-state index is 12.6. The zero-order chi connectivity index (χ0) is 7.56. The molecule has 10 heavy (non-hydrogen) atoms. The summed E-state index contributed by atoms with van der Waals surface area (Å²) < 4.78 is 13.5. The van der Waals surface area contributed by atoms with Gasteiger partial charge in [-0.3, -0.25) is 0 Å². The Morgan fingerprint density at radius 2 is 2.20 bits per heavy atom. The molecule has 1 aromatic rings. The minimum atomic E-state index is -0.293. The Balaban J connectivity index is 3.21. The fourth-order valence-corrected chi connectivity index (χ4v) is 0.994. The molecule has 0 bridgehead atoms. The molecule has 0 atom stereocenters. The summed E-state index contributed by atoms with van der Waals surface area (Å²) in [5.74, 6) is -0.293. The van der Waals surface area contributed by atoms with Crippen LogP contribution in [0, 0.1) is 11.9 Å². The van der Waals surface area contributed by atoms with Crippen LogP contribution in [-0.4, -0.2) is 0 Å². The van der Waals surface area contributed by atoms with E-state index in [0.29, 0.717) is 5.56 Å². The van der Waals surface area contributed by atoms with Gasteiger partial charge in [0.05, 0.1) is 0 Å². The van der Waals surface area contributed by atoms with E-state index >= 15 is 0 Å². The van der Waals surface area contributed by atoms with Gasteiger partial charge in [0.15, 0.2) is 0 Å². The highest BCUT2D eigenvalue weighted by Crippen LogP contribution is 2.14. The second-order valence-electron chi connectivity index (χ2n) is 1.80. The van der Waals surface area contributed by atoms with Gasteiger partial charge < -0.3 is 0 Å². The molecule has 0 amide bonds. The van der Waals surface area contributed by atoms with E-state index in [9.17, 15) is 4.39 Å². The predicted octanol–water partition coefficient (Wildman–Crippen LogP) is 2.93.